The van der Waals surface area contributed by atoms with E-state index in [1.807, 2.05) is 4.72 Å². The summed E-state index contributed by atoms with van der Waals surface area (Å²) in [5.41, 5.74) is -1.11. The van der Waals surface area contributed by atoms with Gasteiger partial charge in [-0.05, 0) is 46.8 Å². The second kappa shape index (κ2) is 8.16. The Morgan fingerprint density at radius 1 is 1.13 bits per heavy atom. The number of carbonyl (C=O) groups is 1. The van der Waals surface area contributed by atoms with Gasteiger partial charge in [0.2, 0.25) is 15.9 Å². The monoisotopic (exact) mass is 444 g/mol. The van der Waals surface area contributed by atoms with E-state index in [0.29, 0.717) is 17.8 Å². The maximum Gasteiger partial charge on any atom is 0.416 e. The van der Waals surface area contributed by atoms with Crippen LogP contribution in [0.5, 0.6) is 0 Å². The minimum atomic E-state index is -4.73. The van der Waals surface area contributed by atoms with Crippen LogP contribution in [0.15, 0.2) is 53.7 Å². The molecule has 2 N–H and O–H groups in total. The van der Waals surface area contributed by atoms with Crippen LogP contribution >= 0.6 is 0 Å². The molecule has 0 unspecified atom stereocenters. The lowest BCUT2D eigenvalue weighted by molar-refractivity contribution is -0.137. The number of nitrogens with zero attached hydrogens (tertiary/aromatic N) is 4. The minimum absolute atomic E-state index is 0.272. The number of rotatable bonds is 6. The predicted molar refractivity (Wildman–Crippen MR) is 94.4 cm³/mol. The van der Waals surface area contributed by atoms with Gasteiger partial charge in [-0.3, -0.25) is 4.79 Å². The first-order valence-corrected chi connectivity index (χ1v) is 9.54. The number of tetrazole rings is 1. The third-order valence-electron chi connectivity index (χ3n) is 3.73. The van der Waals surface area contributed by atoms with Gasteiger partial charge in [-0.25, -0.2) is 22.2 Å². The lowest BCUT2D eigenvalue weighted by Crippen LogP contribution is -2.33. The van der Waals surface area contributed by atoms with E-state index in [4.69, 9.17) is 0 Å². The summed E-state index contributed by atoms with van der Waals surface area (Å²) in [4.78, 5) is 11.4. The van der Waals surface area contributed by atoms with E-state index in [9.17, 15) is 30.8 Å². The third-order valence-corrected chi connectivity index (χ3v) is 5.13. The molecule has 0 saturated carbocycles. The molecule has 158 valence electrons. The van der Waals surface area contributed by atoms with Gasteiger partial charge in [-0.15, -0.1) is 5.10 Å². The van der Waals surface area contributed by atoms with E-state index in [2.05, 4.69) is 20.8 Å². The lowest BCUT2D eigenvalue weighted by atomic mass is 10.2. The number of aromatic nitrogens is 4. The highest BCUT2D eigenvalue weighted by Crippen LogP contribution is 2.30. The molecule has 0 fully saturated rings. The SMILES string of the molecule is O=C(CNS(=O)(=O)c1cccc(C(F)(F)F)c1)Nc1cc(-n2cnnn2)ccc1F. The van der Waals surface area contributed by atoms with Crippen molar-refractivity contribution in [2.24, 2.45) is 0 Å². The Kier molecular flexibility index (Phi) is 5.80. The van der Waals surface area contributed by atoms with Crippen LogP contribution in [-0.2, 0) is 21.0 Å². The first-order chi connectivity index (χ1) is 14.1. The van der Waals surface area contributed by atoms with Crippen molar-refractivity contribution in [1.82, 2.24) is 24.9 Å². The van der Waals surface area contributed by atoms with Crippen molar-refractivity contribution in [2.75, 3.05) is 11.9 Å². The summed E-state index contributed by atoms with van der Waals surface area (Å²) in [6.45, 7) is -0.840. The fourth-order valence-electron chi connectivity index (χ4n) is 2.31. The van der Waals surface area contributed by atoms with Crippen LogP contribution < -0.4 is 10.0 Å². The van der Waals surface area contributed by atoms with E-state index in [-0.39, 0.29) is 5.69 Å². The number of anilines is 1. The first-order valence-electron chi connectivity index (χ1n) is 8.06. The Bertz CT molecular complexity index is 1170. The molecular weight excluding hydrogens is 432 g/mol. The van der Waals surface area contributed by atoms with Crippen LogP contribution in [0.4, 0.5) is 23.2 Å². The molecule has 2 aromatic carbocycles. The van der Waals surface area contributed by atoms with E-state index >= 15 is 0 Å². The maximum atomic E-state index is 13.9. The second-order valence-electron chi connectivity index (χ2n) is 5.82. The van der Waals surface area contributed by atoms with Gasteiger partial charge in [-0.2, -0.15) is 13.2 Å². The van der Waals surface area contributed by atoms with Crippen molar-refractivity contribution in [1.29, 1.82) is 0 Å². The Hall–Kier alpha value is -3.39. The van der Waals surface area contributed by atoms with Crippen molar-refractivity contribution in [3.05, 3.63) is 60.2 Å². The standard InChI is InChI=1S/C16H12F4N6O3S/c17-13-5-4-11(26-9-21-24-25-26)7-14(13)23-15(27)8-22-30(28,29)12-3-1-2-10(6-12)16(18,19)20/h1-7,9,22H,8H2,(H,23,27). The van der Waals surface area contributed by atoms with E-state index in [1.165, 1.54) is 23.1 Å². The van der Waals surface area contributed by atoms with Crippen molar-refractivity contribution in [3.8, 4) is 5.69 Å². The number of alkyl halides is 3. The van der Waals surface area contributed by atoms with E-state index in [0.717, 1.165) is 18.2 Å². The van der Waals surface area contributed by atoms with Gasteiger partial charge in [0, 0.05) is 0 Å². The number of sulfonamides is 1. The third kappa shape index (κ3) is 4.96. The van der Waals surface area contributed by atoms with Crippen LogP contribution in [0.25, 0.3) is 5.69 Å². The molecule has 1 amide bonds. The molecule has 0 aliphatic heterocycles. The van der Waals surface area contributed by atoms with Crippen molar-refractivity contribution in [2.45, 2.75) is 11.1 Å². The Labute approximate surface area is 166 Å². The highest BCUT2D eigenvalue weighted by molar-refractivity contribution is 7.89. The van der Waals surface area contributed by atoms with Gasteiger partial charge >= 0.3 is 6.18 Å². The maximum absolute atomic E-state index is 13.9. The molecule has 1 aromatic heterocycles. The Morgan fingerprint density at radius 3 is 2.57 bits per heavy atom. The molecule has 0 aliphatic rings. The molecule has 0 radical (unpaired) electrons. The van der Waals surface area contributed by atoms with Gasteiger partial charge in [0.1, 0.15) is 12.1 Å². The second-order valence-corrected chi connectivity index (χ2v) is 7.58. The lowest BCUT2D eigenvalue weighted by Gasteiger charge is -2.11. The Balaban J connectivity index is 1.70. The van der Waals surface area contributed by atoms with Crippen LogP contribution in [0.3, 0.4) is 0 Å². The van der Waals surface area contributed by atoms with E-state index < -0.39 is 44.9 Å². The predicted octanol–water partition coefficient (Wildman–Crippen LogP) is 1.74. The summed E-state index contributed by atoms with van der Waals surface area (Å²) in [6.07, 6.45) is -3.49. The molecule has 0 saturated heterocycles. The highest BCUT2D eigenvalue weighted by atomic mass is 32.2. The fourth-order valence-corrected chi connectivity index (χ4v) is 3.34. The molecule has 0 atom stereocenters. The summed E-state index contributed by atoms with van der Waals surface area (Å²) in [5.74, 6) is -1.75. The molecule has 0 aliphatic carbocycles. The van der Waals surface area contributed by atoms with Crippen molar-refractivity contribution in [3.63, 3.8) is 0 Å². The fraction of sp³-hybridized carbons (Fsp3) is 0.125. The number of carbonyl (C=O) groups excluding carboxylic acids is 1. The summed E-state index contributed by atoms with van der Waals surface area (Å²) < 4.78 is 79.7. The molecule has 1 heterocycles. The average Bonchev–Trinajstić information content (AvgIpc) is 3.22. The number of hydrogen-bond donors (Lipinski definition) is 2. The van der Waals surface area contributed by atoms with Crippen LogP contribution in [0.1, 0.15) is 5.56 Å². The van der Waals surface area contributed by atoms with Crippen LogP contribution in [0.2, 0.25) is 0 Å². The zero-order valence-electron chi connectivity index (χ0n) is 14.8. The number of halogens is 4. The largest absolute Gasteiger partial charge is 0.416 e. The first kappa shape index (κ1) is 21.3. The normalized spacial score (nSPS) is 12.0. The molecule has 0 spiro atoms. The zero-order chi connectivity index (χ0) is 21.9. The van der Waals surface area contributed by atoms with Crippen molar-refractivity contribution >= 4 is 21.6 Å². The number of amides is 1. The molecular formula is C16H12F4N6O3S. The molecule has 0 bridgehead atoms. The quantitative estimate of drug-likeness (QED) is 0.559. The summed E-state index contributed by atoms with van der Waals surface area (Å²) >= 11 is 0. The highest BCUT2D eigenvalue weighted by Gasteiger charge is 2.31. The zero-order valence-corrected chi connectivity index (χ0v) is 15.6. The minimum Gasteiger partial charge on any atom is -0.322 e. The van der Waals surface area contributed by atoms with Gasteiger partial charge < -0.3 is 5.32 Å². The van der Waals surface area contributed by atoms with E-state index in [1.54, 1.807) is 0 Å². The average molecular weight is 444 g/mol. The Morgan fingerprint density at radius 2 is 1.90 bits per heavy atom. The molecule has 3 aromatic rings. The number of nitrogens with one attached hydrogen (secondary N) is 2. The molecule has 3 rings (SSSR count). The van der Waals surface area contributed by atoms with Gasteiger partial charge in [0.15, 0.2) is 0 Å². The molecule has 14 heteroatoms. The number of hydrogen-bond acceptors (Lipinski definition) is 6. The van der Waals surface area contributed by atoms with Crippen LogP contribution in [-0.4, -0.2) is 41.1 Å². The van der Waals surface area contributed by atoms with Crippen LogP contribution in [0, 0.1) is 5.82 Å². The summed E-state index contributed by atoms with van der Waals surface area (Å²) in [5, 5.41) is 12.6. The van der Waals surface area contributed by atoms with Crippen molar-refractivity contribution < 1.29 is 30.8 Å². The number of benzene rings is 2. The van der Waals surface area contributed by atoms with Gasteiger partial charge in [-0.1, -0.05) is 6.07 Å². The molecule has 9 nitrogen and oxygen atoms in total. The van der Waals surface area contributed by atoms with Gasteiger partial charge in [0.05, 0.1) is 28.4 Å². The topological polar surface area (TPSA) is 119 Å². The molecule has 30 heavy (non-hydrogen) atoms. The summed E-state index contributed by atoms with van der Waals surface area (Å²) in [6, 6.07) is 6.63. The van der Waals surface area contributed by atoms with Gasteiger partial charge in [0.25, 0.3) is 0 Å². The smallest absolute Gasteiger partial charge is 0.322 e. The summed E-state index contributed by atoms with van der Waals surface area (Å²) in [7, 11) is -4.42.